The van der Waals surface area contributed by atoms with Crippen LogP contribution in [0, 0.1) is 6.92 Å². The molecule has 1 saturated heterocycles. The number of carbonyl (C=O) groups excluding carboxylic acids is 1. The Kier molecular flexibility index (Phi) is 6.60. The highest BCUT2D eigenvalue weighted by molar-refractivity contribution is 7.89. The molecule has 0 aromatic heterocycles. The monoisotopic (exact) mass is 451 g/mol. The first kappa shape index (κ1) is 22.5. The second kappa shape index (κ2) is 9.40. The van der Waals surface area contributed by atoms with Crippen LogP contribution in [-0.4, -0.2) is 44.3 Å². The molecule has 0 atom stereocenters. The maximum atomic E-state index is 13.7. The Balaban J connectivity index is 1.73. The summed E-state index contributed by atoms with van der Waals surface area (Å²) >= 11 is 0. The van der Waals surface area contributed by atoms with Gasteiger partial charge in [0.1, 0.15) is 0 Å². The van der Waals surface area contributed by atoms with E-state index in [9.17, 15) is 13.2 Å². The molecule has 4 rings (SSSR count). The van der Waals surface area contributed by atoms with Crippen molar-refractivity contribution < 1.29 is 13.2 Å². The number of benzene rings is 3. The summed E-state index contributed by atoms with van der Waals surface area (Å²) in [6.07, 6.45) is 1.60. The molecule has 0 aliphatic carbocycles. The molecule has 2 N–H and O–H groups in total. The van der Waals surface area contributed by atoms with E-state index in [1.54, 1.807) is 34.6 Å². The number of hydrogen-bond donors (Lipinski definition) is 2. The summed E-state index contributed by atoms with van der Waals surface area (Å²) in [6, 6.07) is 18.0. The van der Waals surface area contributed by atoms with Crippen LogP contribution in [0.3, 0.4) is 0 Å². The zero-order chi connectivity index (χ0) is 22.7. The van der Waals surface area contributed by atoms with Gasteiger partial charge in [-0.25, -0.2) is 8.42 Å². The summed E-state index contributed by atoms with van der Waals surface area (Å²) in [5, 5.41) is 7.59. The number of nitrogens with one attached hydrogen (secondary N) is 2. The molecule has 0 saturated carbocycles. The predicted octanol–water partition coefficient (Wildman–Crippen LogP) is 4.16. The fourth-order valence-corrected chi connectivity index (χ4v) is 6.38. The molecule has 7 heteroatoms. The van der Waals surface area contributed by atoms with E-state index in [0.29, 0.717) is 28.6 Å². The lowest BCUT2D eigenvalue weighted by atomic mass is 10.1. The van der Waals surface area contributed by atoms with Gasteiger partial charge in [-0.1, -0.05) is 49.4 Å². The van der Waals surface area contributed by atoms with Gasteiger partial charge in [0, 0.05) is 34.6 Å². The molecule has 1 aliphatic rings. The Bertz CT molecular complexity index is 1230. The number of aryl methyl sites for hydroxylation is 1. The van der Waals surface area contributed by atoms with Crippen LogP contribution in [0.5, 0.6) is 0 Å². The smallest absolute Gasteiger partial charge is 0.255 e. The fourth-order valence-electron chi connectivity index (χ4n) is 4.48. The minimum atomic E-state index is -3.69. The van der Waals surface area contributed by atoms with Crippen LogP contribution in [0.25, 0.3) is 10.8 Å². The average molecular weight is 452 g/mol. The molecule has 1 aliphatic heterocycles. The lowest BCUT2D eigenvalue weighted by Gasteiger charge is -2.33. The van der Waals surface area contributed by atoms with E-state index in [4.69, 9.17) is 0 Å². The third-order valence-corrected chi connectivity index (χ3v) is 8.22. The Morgan fingerprint density at radius 3 is 2.41 bits per heavy atom. The number of nitrogens with zero attached hydrogens (tertiary/aromatic N) is 1. The van der Waals surface area contributed by atoms with Crippen LogP contribution >= 0.6 is 0 Å². The zero-order valence-electron chi connectivity index (χ0n) is 18.5. The lowest BCUT2D eigenvalue weighted by Crippen LogP contribution is -2.45. The van der Waals surface area contributed by atoms with Crippen LogP contribution in [0.15, 0.2) is 65.6 Å². The molecule has 3 aromatic carbocycles. The van der Waals surface area contributed by atoms with Crippen LogP contribution in [0.2, 0.25) is 0 Å². The standard InChI is InChI=1S/C25H29N3O3S/c1-3-28(19-14-16-26-17-15-19)32(30,31)24-13-7-10-21-22(24)11-6-12-23(21)27-25(29)20-9-5-4-8-18(20)2/h4-13,19,26H,3,14-17H2,1-2H3,(H,27,29). The van der Waals surface area contributed by atoms with Crippen molar-refractivity contribution in [1.29, 1.82) is 0 Å². The molecule has 0 bridgehead atoms. The van der Waals surface area contributed by atoms with Crippen LogP contribution in [-0.2, 0) is 10.0 Å². The number of anilines is 1. The highest BCUT2D eigenvalue weighted by Gasteiger charge is 2.32. The minimum absolute atomic E-state index is 0.00885. The molecule has 6 nitrogen and oxygen atoms in total. The van der Waals surface area contributed by atoms with Gasteiger partial charge in [-0.2, -0.15) is 4.31 Å². The van der Waals surface area contributed by atoms with Gasteiger partial charge in [0.05, 0.1) is 4.90 Å². The molecule has 0 unspecified atom stereocenters. The second-order valence-corrected chi connectivity index (χ2v) is 9.97. The Morgan fingerprint density at radius 2 is 1.69 bits per heavy atom. The first-order valence-corrected chi connectivity index (χ1v) is 12.5. The molecule has 1 amide bonds. The van der Waals surface area contributed by atoms with Crippen molar-refractivity contribution in [3.8, 4) is 0 Å². The quantitative estimate of drug-likeness (QED) is 0.590. The summed E-state index contributed by atoms with van der Waals surface area (Å²) in [4.78, 5) is 13.2. The maximum Gasteiger partial charge on any atom is 0.255 e. The van der Waals surface area contributed by atoms with Gasteiger partial charge in [-0.05, 0) is 56.6 Å². The second-order valence-electron chi connectivity index (χ2n) is 8.12. The van der Waals surface area contributed by atoms with Crippen LogP contribution in [0.1, 0.15) is 35.7 Å². The van der Waals surface area contributed by atoms with Crippen LogP contribution < -0.4 is 10.6 Å². The van der Waals surface area contributed by atoms with Crippen molar-refractivity contribution in [2.24, 2.45) is 0 Å². The molecule has 1 heterocycles. The largest absolute Gasteiger partial charge is 0.321 e. The first-order chi connectivity index (χ1) is 15.4. The van der Waals surface area contributed by atoms with E-state index < -0.39 is 10.0 Å². The van der Waals surface area contributed by atoms with Gasteiger partial charge in [-0.3, -0.25) is 4.79 Å². The van der Waals surface area contributed by atoms with Crippen molar-refractivity contribution >= 4 is 32.4 Å². The molecular weight excluding hydrogens is 422 g/mol. The fraction of sp³-hybridized carbons (Fsp3) is 0.320. The number of fused-ring (bicyclic) bond motifs is 1. The van der Waals surface area contributed by atoms with E-state index in [0.717, 1.165) is 31.5 Å². The Morgan fingerprint density at radius 1 is 1.00 bits per heavy atom. The topological polar surface area (TPSA) is 78.5 Å². The van der Waals surface area contributed by atoms with Crippen molar-refractivity contribution in [2.45, 2.75) is 37.6 Å². The van der Waals surface area contributed by atoms with Gasteiger partial charge in [0.25, 0.3) is 5.91 Å². The summed E-state index contributed by atoms with van der Waals surface area (Å²) in [7, 11) is -3.69. The average Bonchev–Trinajstić information content (AvgIpc) is 2.80. The highest BCUT2D eigenvalue weighted by Crippen LogP contribution is 2.32. The summed E-state index contributed by atoms with van der Waals surface area (Å²) in [5.74, 6) is -0.214. The number of carbonyl (C=O) groups is 1. The lowest BCUT2D eigenvalue weighted by molar-refractivity contribution is 0.102. The molecule has 168 valence electrons. The first-order valence-electron chi connectivity index (χ1n) is 11.0. The van der Waals surface area contributed by atoms with E-state index >= 15 is 0 Å². The summed E-state index contributed by atoms with van der Waals surface area (Å²) < 4.78 is 29.0. The van der Waals surface area contributed by atoms with Crippen molar-refractivity contribution in [3.63, 3.8) is 0 Å². The van der Waals surface area contributed by atoms with E-state index in [-0.39, 0.29) is 16.8 Å². The molecule has 0 spiro atoms. The van der Waals surface area contributed by atoms with E-state index in [1.807, 2.05) is 44.2 Å². The summed E-state index contributed by atoms with van der Waals surface area (Å²) in [5.41, 5.74) is 2.07. The minimum Gasteiger partial charge on any atom is -0.321 e. The van der Waals surface area contributed by atoms with Gasteiger partial charge in [0.15, 0.2) is 0 Å². The maximum absolute atomic E-state index is 13.7. The van der Waals surface area contributed by atoms with Gasteiger partial charge in [0.2, 0.25) is 10.0 Å². The van der Waals surface area contributed by atoms with Gasteiger partial charge in [-0.15, -0.1) is 0 Å². The number of sulfonamides is 1. The molecule has 1 fully saturated rings. The normalized spacial score (nSPS) is 15.2. The highest BCUT2D eigenvalue weighted by atomic mass is 32.2. The third-order valence-electron chi connectivity index (χ3n) is 6.13. The number of amides is 1. The van der Waals surface area contributed by atoms with Gasteiger partial charge < -0.3 is 10.6 Å². The third kappa shape index (κ3) is 4.28. The number of hydrogen-bond acceptors (Lipinski definition) is 4. The van der Waals surface area contributed by atoms with Crippen molar-refractivity contribution in [2.75, 3.05) is 25.0 Å². The van der Waals surface area contributed by atoms with Crippen LogP contribution in [0.4, 0.5) is 5.69 Å². The van der Waals surface area contributed by atoms with Crippen molar-refractivity contribution in [1.82, 2.24) is 9.62 Å². The van der Waals surface area contributed by atoms with E-state index in [2.05, 4.69) is 10.6 Å². The summed E-state index contributed by atoms with van der Waals surface area (Å²) in [6.45, 7) is 5.84. The molecule has 0 radical (unpaired) electrons. The molecule has 32 heavy (non-hydrogen) atoms. The molecular formula is C25H29N3O3S. The Labute approximate surface area is 189 Å². The number of piperidine rings is 1. The Hall–Kier alpha value is -2.74. The SMILES string of the molecule is CCN(C1CCNCC1)S(=O)(=O)c1cccc2c(NC(=O)c3ccccc3C)cccc12. The van der Waals surface area contributed by atoms with E-state index in [1.165, 1.54) is 0 Å². The zero-order valence-corrected chi connectivity index (χ0v) is 19.3. The van der Waals surface area contributed by atoms with Gasteiger partial charge >= 0.3 is 0 Å². The predicted molar refractivity (Wildman–Crippen MR) is 129 cm³/mol. The molecule has 3 aromatic rings. The number of rotatable bonds is 6. The van der Waals surface area contributed by atoms with Crippen molar-refractivity contribution in [3.05, 3.63) is 71.8 Å².